The van der Waals surface area contributed by atoms with E-state index in [4.69, 9.17) is 4.74 Å². The Kier molecular flexibility index (Phi) is 4.54. The van der Waals surface area contributed by atoms with Crippen LogP contribution in [-0.2, 0) is 0 Å². The second kappa shape index (κ2) is 7.14. The molecule has 2 aromatic heterocycles. The highest BCUT2D eigenvalue weighted by Gasteiger charge is 2.14. The predicted molar refractivity (Wildman–Crippen MR) is 108 cm³/mol. The van der Waals surface area contributed by atoms with Crippen molar-refractivity contribution in [2.75, 3.05) is 11.9 Å². The van der Waals surface area contributed by atoms with Crippen LogP contribution in [0.2, 0.25) is 0 Å². The van der Waals surface area contributed by atoms with Gasteiger partial charge in [-0.05, 0) is 43.2 Å². The van der Waals surface area contributed by atoms with Crippen molar-refractivity contribution in [2.45, 2.75) is 13.8 Å². The van der Waals surface area contributed by atoms with E-state index in [0.29, 0.717) is 6.61 Å². The molecule has 2 aromatic carbocycles. The van der Waals surface area contributed by atoms with Gasteiger partial charge in [-0.25, -0.2) is 9.97 Å². The number of fused-ring (bicyclic) bond motifs is 1. The minimum atomic E-state index is 0.666. The molecule has 4 nitrogen and oxygen atoms in total. The van der Waals surface area contributed by atoms with Crippen molar-refractivity contribution in [3.63, 3.8) is 0 Å². The van der Waals surface area contributed by atoms with Gasteiger partial charge in [0.1, 0.15) is 22.7 Å². The Morgan fingerprint density at radius 2 is 1.85 bits per heavy atom. The summed E-state index contributed by atoms with van der Waals surface area (Å²) in [6, 6.07) is 16.4. The van der Waals surface area contributed by atoms with E-state index in [2.05, 4.69) is 51.9 Å². The predicted octanol–water partition coefficient (Wildman–Crippen LogP) is 5.81. The van der Waals surface area contributed by atoms with E-state index in [1.807, 2.05) is 31.2 Å². The molecule has 1 N–H and O–H groups in total. The minimum Gasteiger partial charge on any atom is -0.494 e. The maximum absolute atomic E-state index is 5.55. The second-order valence-electron chi connectivity index (χ2n) is 5.95. The van der Waals surface area contributed by atoms with Gasteiger partial charge in [0.15, 0.2) is 0 Å². The average Bonchev–Trinajstić information content (AvgIpc) is 3.10. The molecule has 0 saturated heterocycles. The van der Waals surface area contributed by atoms with Crippen molar-refractivity contribution in [1.82, 2.24) is 9.97 Å². The number of aromatic nitrogens is 2. The quantitative estimate of drug-likeness (QED) is 0.487. The molecule has 0 spiro atoms. The number of hydrogen-bond donors (Lipinski definition) is 1. The lowest BCUT2D eigenvalue weighted by atomic mass is 10.1. The number of nitrogens with zero attached hydrogens (tertiary/aromatic N) is 2. The van der Waals surface area contributed by atoms with Crippen molar-refractivity contribution in [2.24, 2.45) is 0 Å². The number of benzene rings is 2. The number of para-hydroxylation sites is 1. The first kappa shape index (κ1) is 16.5. The molecule has 4 aromatic rings. The third kappa shape index (κ3) is 3.13. The highest BCUT2D eigenvalue weighted by Crippen LogP contribution is 2.38. The first-order valence-electron chi connectivity index (χ1n) is 8.54. The lowest BCUT2D eigenvalue weighted by Crippen LogP contribution is -1.97. The zero-order chi connectivity index (χ0) is 17.9. The molecule has 2 heterocycles. The van der Waals surface area contributed by atoms with E-state index >= 15 is 0 Å². The maximum Gasteiger partial charge on any atom is 0.143 e. The van der Waals surface area contributed by atoms with Crippen LogP contribution >= 0.6 is 11.3 Å². The average molecular weight is 361 g/mol. The zero-order valence-electron chi connectivity index (χ0n) is 14.7. The van der Waals surface area contributed by atoms with Crippen molar-refractivity contribution in [1.29, 1.82) is 0 Å². The molecule has 0 bridgehead atoms. The van der Waals surface area contributed by atoms with E-state index in [1.54, 1.807) is 17.7 Å². The number of aryl methyl sites for hydroxylation is 1. The molecule has 0 fully saturated rings. The van der Waals surface area contributed by atoms with Gasteiger partial charge in [0.2, 0.25) is 0 Å². The summed E-state index contributed by atoms with van der Waals surface area (Å²) in [4.78, 5) is 9.92. The van der Waals surface area contributed by atoms with Crippen LogP contribution < -0.4 is 10.1 Å². The van der Waals surface area contributed by atoms with Gasteiger partial charge in [0.05, 0.1) is 12.0 Å². The Labute approximate surface area is 156 Å². The first-order valence-corrected chi connectivity index (χ1v) is 9.42. The zero-order valence-corrected chi connectivity index (χ0v) is 15.5. The summed E-state index contributed by atoms with van der Waals surface area (Å²) in [5, 5.41) is 6.66. The Morgan fingerprint density at radius 3 is 2.62 bits per heavy atom. The third-order valence-electron chi connectivity index (χ3n) is 4.24. The number of thiophene rings is 1. The molecule has 130 valence electrons. The van der Waals surface area contributed by atoms with Crippen LogP contribution in [0, 0.1) is 6.92 Å². The van der Waals surface area contributed by atoms with Gasteiger partial charge >= 0.3 is 0 Å². The molecule has 0 aliphatic carbocycles. The highest BCUT2D eigenvalue weighted by molar-refractivity contribution is 7.17. The molecule has 0 amide bonds. The number of nitrogens with one attached hydrogen (secondary N) is 1. The standard InChI is InChI=1S/C21H19N3OS/c1-3-25-16-10-8-15(9-11-16)17-12-26-21-19(17)20(22-13-23-21)24-18-7-5-4-6-14(18)2/h4-13H,3H2,1-2H3,(H,22,23,24). The fourth-order valence-electron chi connectivity index (χ4n) is 2.92. The van der Waals surface area contributed by atoms with Crippen molar-refractivity contribution < 1.29 is 4.74 Å². The molecule has 0 aliphatic heterocycles. The van der Waals surface area contributed by atoms with E-state index in [0.717, 1.165) is 38.6 Å². The molecule has 0 saturated carbocycles. The number of anilines is 2. The van der Waals surface area contributed by atoms with Crippen LogP contribution in [0.5, 0.6) is 5.75 Å². The number of hydrogen-bond acceptors (Lipinski definition) is 5. The lowest BCUT2D eigenvalue weighted by Gasteiger charge is -2.11. The minimum absolute atomic E-state index is 0.666. The van der Waals surface area contributed by atoms with Crippen LogP contribution in [0.1, 0.15) is 12.5 Å². The molecule has 0 atom stereocenters. The topological polar surface area (TPSA) is 47.0 Å². The summed E-state index contributed by atoms with van der Waals surface area (Å²) in [6.07, 6.45) is 1.61. The van der Waals surface area contributed by atoms with E-state index in [-0.39, 0.29) is 0 Å². The second-order valence-corrected chi connectivity index (χ2v) is 6.81. The van der Waals surface area contributed by atoms with Gasteiger partial charge in [0, 0.05) is 16.6 Å². The van der Waals surface area contributed by atoms with Crippen LogP contribution in [0.3, 0.4) is 0 Å². The molecule has 5 heteroatoms. The van der Waals surface area contributed by atoms with Gasteiger partial charge in [-0.3, -0.25) is 0 Å². The molecule has 4 rings (SSSR count). The van der Waals surface area contributed by atoms with E-state index in [1.165, 1.54) is 5.56 Å². The molecule has 26 heavy (non-hydrogen) atoms. The fraction of sp³-hybridized carbons (Fsp3) is 0.143. The molecule has 0 radical (unpaired) electrons. The van der Waals surface area contributed by atoms with Gasteiger partial charge in [0.25, 0.3) is 0 Å². The van der Waals surface area contributed by atoms with Crippen LogP contribution in [-0.4, -0.2) is 16.6 Å². The van der Waals surface area contributed by atoms with Crippen molar-refractivity contribution in [3.8, 4) is 16.9 Å². The molecular weight excluding hydrogens is 342 g/mol. The van der Waals surface area contributed by atoms with Crippen LogP contribution in [0.25, 0.3) is 21.3 Å². The largest absolute Gasteiger partial charge is 0.494 e. The maximum atomic E-state index is 5.55. The summed E-state index contributed by atoms with van der Waals surface area (Å²) in [5.74, 6) is 1.71. The Morgan fingerprint density at radius 1 is 1.04 bits per heavy atom. The van der Waals surface area contributed by atoms with Gasteiger partial charge in [-0.15, -0.1) is 11.3 Å². The molecular formula is C21H19N3OS. The monoisotopic (exact) mass is 361 g/mol. The van der Waals surface area contributed by atoms with E-state index < -0.39 is 0 Å². The third-order valence-corrected chi connectivity index (χ3v) is 5.13. The Hall–Kier alpha value is -2.92. The summed E-state index contributed by atoms with van der Waals surface area (Å²) in [6.45, 7) is 4.74. The first-order chi connectivity index (χ1) is 12.8. The number of ether oxygens (including phenoxy) is 1. The summed E-state index contributed by atoms with van der Waals surface area (Å²) in [5.41, 5.74) is 4.49. The fourth-order valence-corrected chi connectivity index (χ4v) is 3.84. The summed E-state index contributed by atoms with van der Waals surface area (Å²) in [7, 11) is 0. The van der Waals surface area contributed by atoms with Crippen molar-refractivity contribution in [3.05, 3.63) is 65.8 Å². The molecule has 0 unspecified atom stereocenters. The summed E-state index contributed by atoms with van der Waals surface area (Å²) < 4.78 is 5.55. The Balaban J connectivity index is 1.78. The van der Waals surface area contributed by atoms with Crippen LogP contribution in [0.15, 0.2) is 60.2 Å². The normalized spacial score (nSPS) is 10.8. The highest BCUT2D eigenvalue weighted by atomic mass is 32.1. The molecule has 0 aliphatic rings. The van der Waals surface area contributed by atoms with Gasteiger partial charge in [-0.2, -0.15) is 0 Å². The number of rotatable bonds is 5. The van der Waals surface area contributed by atoms with Gasteiger partial charge < -0.3 is 10.1 Å². The lowest BCUT2D eigenvalue weighted by molar-refractivity contribution is 0.340. The smallest absolute Gasteiger partial charge is 0.143 e. The SMILES string of the molecule is CCOc1ccc(-c2csc3ncnc(Nc4ccccc4C)c23)cc1. The van der Waals surface area contributed by atoms with Crippen LogP contribution in [0.4, 0.5) is 11.5 Å². The Bertz CT molecular complexity index is 1040. The van der Waals surface area contributed by atoms with Crippen molar-refractivity contribution >= 4 is 33.1 Å². The van der Waals surface area contributed by atoms with Gasteiger partial charge in [-0.1, -0.05) is 30.3 Å². The van der Waals surface area contributed by atoms with E-state index in [9.17, 15) is 0 Å². The summed E-state index contributed by atoms with van der Waals surface area (Å²) >= 11 is 1.63.